The number of aromatic amines is 1. The highest BCUT2D eigenvalue weighted by molar-refractivity contribution is 5.87. The maximum absolute atomic E-state index is 10.4. The van der Waals surface area contributed by atoms with Crippen molar-refractivity contribution >= 4 is 22.9 Å². The number of nitrogens with one attached hydrogen (secondary N) is 1. The summed E-state index contributed by atoms with van der Waals surface area (Å²) in [6, 6.07) is 5.09. The lowest BCUT2D eigenvalue weighted by atomic mass is 10.1. The molecule has 0 aliphatic heterocycles. The molecule has 4 heteroatoms. The Labute approximate surface area is 79.9 Å². The van der Waals surface area contributed by atoms with Gasteiger partial charge in [-0.3, -0.25) is 0 Å². The molecule has 2 rings (SSSR count). The second-order valence-electron chi connectivity index (χ2n) is 3.01. The number of hydrogen-bond donors (Lipinski definition) is 1. The van der Waals surface area contributed by atoms with Crippen LogP contribution >= 0.6 is 0 Å². The topological polar surface area (TPSA) is 62.3 Å². The lowest BCUT2D eigenvalue weighted by Gasteiger charge is -1.93. The average molecular weight is 188 g/mol. The summed E-state index contributed by atoms with van der Waals surface area (Å²) in [5, 5.41) is 3.73. The molecule has 0 aliphatic rings. The van der Waals surface area contributed by atoms with Crippen LogP contribution < -0.4 is 0 Å². The van der Waals surface area contributed by atoms with Crippen molar-refractivity contribution in [3.63, 3.8) is 0 Å². The molecule has 0 spiro atoms. The summed E-state index contributed by atoms with van der Waals surface area (Å²) < 4.78 is 0. The van der Waals surface area contributed by atoms with Gasteiger partial charge in [-0.15, -0.1) is 4.91 Å². The van der Waals surface area contributed by atoms with E-state index in [9.17, 15) is 9.70 Å². The number of aromatic nitrogens is 1. The third kappa shape index (κ3) is 1.31. The molecule has 0 aliphatic carbocycles. The van der Waals surface area contributed by atoms with E-state index < -0.39 is 0 Å². The first kappa shape index (κ1) is 8.62. The standard InChI is InChI=1S/C10H8N2O2/c13-4-3-7-6-11-10-2-1-8(12-14)5-9(7)10/h1-2,4-6,11H,3H2. The Balaban J connectivity index is 2.62. The van der Waals surface area contributed by atoms with Crippen LogP contribution in [-0.2, 0) is 11.2 Å². The predicted molar refractivity (Wildman–Crippen MR) is 53.5 cm³/mol. The van der Waals surface area contributed by atoms with Crippen LogP contribution in [0.5, 0.6) is 0 Å². The first-order valence-electron chi connectivity index (χ1n) is 4.22. The predicted octanol–water partition coefficient (Wildman–Crippen LogP) is 2.31. The molecule has 14 heavy (non-hydrogen) atoms. The fourth-order valence-corrected chi connectivity index (χ4v) is 1.48. The average Bonchev–Trinajstić information content (AvgIpc) is 2.61. The van der Waals surface area contributed by atoms with Crippen LogP contribution in [0.1, 0.15) is 5.56 Å². The van der Waals surface area contributed by atoms with Crippen molar-refractivity contribution in [1.82, 2.24) is 4.98 Å². The minimum Gasteiger partial charge on any atom is -0.361 e. The van der Waals surface area contributed by atoms with Gasteiger partial charge in [-0.2, -0.15) is 0 Å². The maximum atomic E-state index is 10.4. The van der Waals surface area contributed by atoms with Crippen LogP contribution in [0.25, 0.3) is 10.9 Å². The van der Waals surface area contributed by atoms with E-state index in [4.69, 9.17) is 0 Å². The molecule has 0 radical (unpaired) electrons. The van der Waals surface area contributed by atoms with Crippen LogP contribution in [0, 0.1) is 4.91 Å². The number of nitrogens with zero attached hydrogens (tertiary/aromatic N) is 1. The third-order valence-electron chi connectivity index (χ3n) is 2.16. The second kappa shape index (κ2) is 3.41. The zero-order chi connectivity index (χ0) is 9.97. The number of nitroso groups, excluding NO2 is 1. The third-order valence-corrected chi connectivity index (χ3v) is 2.16. The fraction of sp³-hybridized carbons (Fsp3) is 0.100. The molecule has 1 aromatic heterocycles. The van der Waals surface area contributed by atoms with Gasteiger partial charge in [0, 0.05) is 23.5 Å². The Morgan fingerprint density at radius 3 is 3.00 bits per heavy atom. The van der Waals surface area contributed by atoms with Crippen LogP contribution in [0.3, 0.4) is 0 Å². The van der Waals surface area contributed by atoms with Gasteiger partial charge < -0.3 is 9.78 Å². The monoisotopic (exact) mass is 188 g/mol. The van der Waals surface area contributed by atoms with Crippen molar-refractivity contribution in [3.05, 3.63) is 34.9 Å². The van der Waals surface area contributed by atoms with Gasteiger partial charge in [-0.05, 0) is 28.9 Å². The van der Waals surface area contributed by atoms with E-state index in [-0.39, 0.29) is 0 Å². The Morgan fingerprint density at radius 2 is 2.29 bits per heavy atom. The largest absolute Gasteiger partial charge is 0.361 e. The number of hydrogen-bond acceptors (Lipinski definition) is 3. The van der Waals surface area contributed by atoms with Gasteiger partial charge in [-0.1, -0.05) is 0 Å². The van der Waals surface area contributed by atoms with E-state index in [1.807, 2.05) is 0 Å². The lowest BCUT2D eigenvalue weighted by molar-refractivity contribution is -0.107. The van der Waals surface area contributed by atoms with Crippen LogP contribution in [0.2, 0.25) is 0 Å². The molecule has 70 valence electrons. The highest BCUT2D eigenvalue weighted by Crippen LogP contribution is 2.23. The normalized spacial score (nSPS) is 10.3. The van der Waals surface area contributed by atoms with Gasteiger partial charge in [0.1, 0.15) is 12.0 Å². The SMILES string of the molecule is O=CCc1c[nH]c2ccc(N=O)cc12. The second-order valence-corrected chi connectivity index (χ2v) is 3.01. The summed E-state index contributed by atoms with van der Waals surface area (Å²) in [5.74, 6) is 0. The Kier molecular flexibility index (Phi) is 2.10. The van der Waals surface area contributed by atoms with Crippen molar-refractivity contribution < 1.29 is 4.79 Å². The molecule has 0 saturated carbocycles. The quantitative estimate of drug-likeness (QED) is 0.593. The zero-order valence-corrected chi connectivity index (χ0v) is 7.36. The van der Waals surface area contributed by atoms with E-state index in [0.29, 0.717) is 12.1 Å². The fourth-order valence-electron chi connectivity index (χ4n) is 1.48. The van der Waals surface area contributed by atoms with Crippen molar-refractivity contribution in [1.29, 1.82) is 0 Å². The van der Waals surface area contributed by atoms with Gasteiger partial charge in [0.15, 0.2) is 0 Å². The first-order valence-corrected chi connectivity index (χ1v) is 4.22. The summed E-state index contributed by atoms with van der Waals surface area (Å²) in [7, 11) is 0. The molecule has 0 fully saturated rings. The van der Waals surface area contributed by atoms with Gasteiger partial charge >= 0.3 is 0 Å². The van der Waals surface area contributed by atoms with Crippen molar-refractivity contribution in [3.8, 4) is 0 Å². The summed E-state index contributed by atoms with van der Waals surface area (Å²) in [4.78, 5) is 23.7. The molecule has 0 unspecified atom stereocenters. The Hall–Kier alpha value is -1.97. The highest BCUT2D eigenvalue weighted by Gasteiger charge is 2.03. The Morgan fingerprint density at radius 1 is 1.43 bits per heavy atom. The number of H-pyrrole nitrogens is 1. The molecule has 1 aromatic carbocycles. The molecule has 0 bridgehead atoms. The minimum absolute atomic E-state index is 0.350. The van der Waals surface area contributed by atoms with Crippen molar-refractivity contribution in [2.75, 3.05) is 0 Å². The number of benzene rings is 1. The van der Waals surface area contributed by atoms with E-state index in [2.05, 4.69) is 10.2 Å². The van der Waals surface area contributed by atoms with Crippen LogP contribution in [0.4, 0.5) is 5.69 Å². The molecule has 0 atom stereocenters. The molecule has 1 N–H and O–H groups in total. The smallest absolute Gasteiger partial charge is 0.124 e. The number of aldehydes is 1. The van der Waals surface area contributed by atoms with E-state index in [1.165, 1.54) is 0 Å². The van der Waals surface area contributed by atoms with E-state index in [1.54, 1.807) is 24.4 Å². The maximum Gasteiger partial charge on any atom is 0.124 e. The molecule has 0 amide bonds. The number of carbonyl (C=O) groups is 1. The lowest BCUT2D eigenvalue weighted by Crippen LogP contribution is -1.81. The zero-order valence-electron chi connectivity index (χ0n) is 7.36. The highest BCUT2D eigenvalue weighted by atomic mass is 16.3. The summed E-state index contributed by atoms with van der Waals surface area (Å²) >= 11 is 0. The number of rotatable bonds is 3. The van der Waals surface area contributed by atoms with E-state index >= 15 is 0 Å². The molecule has 1 heterocycles. The molecule has 4 nitrogen and oxygen atoms in total. The minimum atomic E-state index is 0.350. The van der Waals surface area contributed by atoms with Crippen molar-refractivity contribution in [2.24, 2.45) is 5.18 Å². The van der Waals surface area contributed by atoms with Gasteiger partial charge in [0.05, 0.1) is 0 Å². The number of fused-ring (bicyclic) bond motifs is 1. The van der Waals surface area contributed by atoms with Gasteiger partial charge in [0.2, 0.25) is 0 Å². The van der Waals surface area contributed by atoms with Crippen LogP contribution in [0.15, 0.2) is 29.6 Å². The molecular formula is C10H8N2O2. The van der Waals surface area contributed by atoms with Gasteiger partial charge in [-0.25, -0.2) is 0 Å². The molecule has 0 saturated heterocycles. The summed E-state index contributed by atoms with van der Waals surface area (Å²) in [6.45, 7) is 0. The summed E-state index contributed by atoms with van der Waals surface area (Å²) in [6.07, 6.45) is 2.96. The van der Waals surface area contributed by atoms with Gasteiger partial charge in [0.25, 0.3) is 0 Å². The number of carbonyl (C=O) groups excluding carboxylic acids is 1. The first-order chi connectivity index (χ1) is 6.85. The molecular weight excluding hydrogens is 180 g/mol. The van der Waals surface area contributed by atoms with Crippen molar-refractivity contribution in [2.45, 2.75) is 6.42 Å². The van der Waals surface area contributed by atoms with Crippen LogP contribution in [-0.4, -0.2) is 11.3 Å². The molecule has 2 aromatic rings. The summed E-state index contributed by atoms with van der Waals surface area (Å²) in [5.41, 5.74) is 2.18. The Bertz CT molecular complexity index is 488. The van der Waals surface area contributed by atoms with E-state index in [0.717, 1.165) is 22.8 Å².